The zero-order valence-corrected chi connectivity index (χ0v) is 43.3. The molecule has 0 aliphatic heterocycles. The minimum Gasteiger partial charge on any atom is -0.462 e. The van der Waals surface area contributed by atoms with E-state index in [0.717, 1.165) is 64.2 Å². The van der Waals surface area contributed by atoms with Gasteiger partial charge in [0.25, 0.3) is 0 Å². The smallest absolute Gasteiger partial charge is 0.306 e. The lowest BCUT2D eigenvalue weighted by molar-refractivity contribution is -0.167. The van der Waals surface area contributed by atoms with E-state index in [4.69, 9.17) is 14.2 Å². The average Bonchev–Trinajstić information content (AvgIpc) is 3.29. The number of rotatable bonds is 53. The Morgan fingerprint density at radius 1 is 0.297 bits per heavy atom. The molecule has 0 heterocycles. The topological polar surface area (TPSA) is 78.9 Å². The highest BCUT2D eigenvalue weighted by molar-refractivity contribution is 5.71. The largest absolute Gasteiger partial charge is 0.462 e. The second kappa shape index (κ2) is 53.8. The Morgan fingerprint density at radius 2 is 0.516 bits per heavy atom. The second-order valence-corrected chi connectivity index (χ2v) is 19.6. The molecule has 0 aromatic carbocycles. The molecule has 6 heteroatoms. The number of unbranched alkanes of at least 4 members (excludes halogenated alkanes) is 40. The van der Waals surface area contributed by atoms with Crippen LogP contribution in [0.1, 0.15) is 323 Å². The molecular weight excluding hydrogens is 793 g/mol. The Bertz CT molecular complexity index is 993. The van der Waals surface area contributed by atoms with Crippen LogP contribution in [-0.4, -0.2) is 37.2 Å². The van der Waals surface area contributed by atoms with Crippen LogP contribution in [0.4, 0.5) is 0 Å². The molecule has 0 saturated carbocycles. The fourth-order valence-corrected chi connectivity index (χ4v) is 8.68. The van der Waals surface area contributed by atoms with Gasteiger partial charge in [-0.05, 0) is 44.9 Å². The van der Waals surface area contributed by atoms with E-state index in [0.29, 0.717) is 19.3 Å². The molecule has 0 saturated heterocycles. The first-order valence-electron chi connectivity index (χ1n) is 28.7. The summed E-state index contributed by atoms with van der Waals surface area (Å²) in [7, 11) is 0. The maximum Gasteiger partial charge on any atom is 0.306 e. The van der Waals surface area contributed by atoms with Gasteiger partial charge in [0.05, 0.1) is 0 Å². The lowest BCUT2D eigenvalue weighted by Crippen LogP contribution is -2.30. The summed E-state index contributed by atoms with van der Waals surface area (Å²) in [5.74, 6) is -0.851. The van der Waals surface area contributed by atoms with Crippen molar-refractivity contribution in [2.75, 3.05) is 13.2 Å². The molecular formula is C58H110O6. The van der Waals surface area contributed by atoms with Crippen molar-refractivity contribution in [2.24, 2.45) is 0 Å². The molecule has 6 nitrogen and oxygen atoms in total. The minimum atomic E-state index is -0.767. The van der Waals surface area contributed by atoms with Crippen LogP contribution in [-0.2, 0) is 28.6 Å². The van der Waals surface area contributed by atoms with Crippen molar-refractivity contribution in [2.45, 2.75) is 329 Å². The van der Waals surface area contributed by atoms with Crippen molar-refractivity contribution in [3.05, 3.63) is 12.2 Å². The zero-order valence-electron chi connectivity index (χ0n) is 43.3. The van der Waals surface area contributed by atoms with Crippen LogP contribution < -0.4 is 0 Å². The molecule has 0 bridgehead atoms. The number of allylic oxidation sites excluding steroid dienone is 2. The molecule has 0 aromatic rings. The molecule has 0 spiro atoms. The molecule has 0 fully saturated rings. The summed E-state index contributed by atoms with van der Waals surface area (Å²) in [5.41, 5.74) is 0. The van der Waals surface area contributed by atoms with Crippen LogP contribution in [0.25, 0.3) is 0 Å². The normalized spacial score (nSPS) is 12.0. The van der Waals surface area contributed by atoms with Gasteiger partial charge in [0.1, 0.15) is 13.2 Å². The molecule has 0 aliphatic rings. The summed E-state index contributed by atoms with van der Waals surface area (Å²) >= 11 is 0. The average molecular weight is 904 g/mol. The van der Waals surface area contributed by atoms with Crippen LogP contribution in [0.5, 0.6) is 0 Å². The van der Waals surface area contributed by atoms with Crippen LogP contribution in [0.3, 0.4) is 0 Å². The Morgan fingerprint density at radius 3 is 0.781 bits per heavy atom. The molecule has 64 heavy (non-hydrogen) atoms. The first-order chi connectivity index (χ1) is 31.5. The lowest BCUT2D eigenvalue weighted by atomic mass is 10.0. The van der Waals surface area contributed by atoms with Gasteiger partial charge in [-0.3, -0.25) is 14.4 Å². The monoisotopic (exact) mass is 903 g/mol. The third kappa shape index (κ3) is 51.1. The first-order valence-corrected chi connectivity index (χ1v) is 28.7. The number of ether oxygens (including phenoxy) is 3. The number of esters is 3. The van der Waals surface area contributed by atoms with Crippen molar-refractivity contribution in [3.63, 3.8) is 0 Å². The van der Waals surface area contributed by atoms with Crippen molar-refractivity contribution in [1.82, 2.24) is 0 Å². The van der Waals surface area contributed by atoms with E-state index in [-0.39, 0.29) is 31.1 Å². The Balaban J connectivity index is 4.32. The van der Waals surface area contributed by atoms with Gasteiger partial charge in [0, 0.05) is 19.3 Å². The van der Waals surface area contributed by atoms with Crippen LogP contribution in [0.2, 0.25) is 0 Å². The van der Waals surface area contributed by atoms with Crippen molar-refractivity contribution in [3.8, 4) is 0 Å². The molecule has 0 unspecified atom stereocenters. The van der Waals surface area contributed by atoms with Crippen LogP contribution in [0.15, 0.2) is 12.2 Å². The molecule has 0 rings (SSSR count). The van der Waals surface area contributed by atoms with Gasteiger partial charge in [-0.15, -0.1) is 0 Å². The second-order valence-electron chi connectivity index (χ2n) is 19.6. The Hall–Kier alpha value is -1.85. The summed E-state index contributed by atoms with van der Waals surface area (Å²) in [4.78, 5) is 38.1. The van der Waals surface area contributed by atoms with E-state index in [1.54, 1.807) is 0 Å². The predicted molar refractivity (Wildman–Crippen MR) is 275 cm³/mol. The van der Waals surface area contributed by atoms with E-state index in [1.807, 2.05) is 0 Å². The van der Waals surface area contributed by atoms with E-state index >= 15 is 0 Å². The van der Waals surface area contributed by atoms with E-state index in [9.17, 15) is 14.4 Å². The van der Waals surface area contributed by atoms with Crippen molar-refractivity contribution >= 4 is 17.9 Å². The van der Waals surface area contributed by atoms with Crippen molar-refractivity contribution < 1.29 is 28.6 Å². The maximum atomic E-state index is 12.8. The highest BCUT2D eigenvalue weighted by atomic mass is 16.6. The standard InChI is InChI=1S/C58H110O6/c1-4-7-10-13-16-19-22-25-28-30-33-36-39-42-45-48-51-57(60)63-54-55(53-62-56(59)50-47-44-41-38-35-32-27-24-21-18-15-12-9-6-3)64-58(61)52-49-46-43-40-37-34-31-29-26-23-20-17-14-11-8-5-2/h24,27,55H,4-23,25-26,28-54H2,1-3H3/b27-24+/t55-/m1/s1. The SMILES string of the molecule is CCCCCCC/C=C/CCCCCCCC(=O)OC[C@H](COC(=O)CCCCCCCCCCCCCCCCCC)OC(=O)CCCCCCCCCCCCCCCCCC. The summed E-state index contributed by atoms with van der Waals surface area (Å²) in [6.07, 6.45) is 60.5. The maximum absolute atomic E-state index is 12.8. The molecule has 0 amide bonds. The quantitative estimate of drug-likeness (QED) is 0.0262. The molecule has 0 aliphatic carbocycles. The first kappa shape index (κ1) is 62.1. The molecule has 378 valence electrons. The van der Waals surface area contributed by atoms with Crippen molar-refractivity contribution in [1.29, 1.82) is 0 Å². The van der Waals surface area contributed by atoms with Gasteiger partial charge in [0.2, 0.25) is 0 Å². The molecule has 0 N–H and O–H groups in total. The lowest BCUT2D eigenvalue weighted by Gasteiger charge is -2.18. The van der Waals surface area contributed by atoms with E-state index < -0.39 is 6.10 Å². The number of carbonyl (C=O) groups excluding carboxylic acids is 3. The van der Waals surface area contributed by atoms with Gasteiger partial charge in [-0.25, -0.2) is 0 Å². The van der Waals surface area contributed by atoms with Crippen LogP contribution in [0, 0.1) is 0 Å². The third-order valence-electron chi connectivity index (χ3n) is 13.0. The van der Waals surface area contributed by atoms with Gasteiger partial charge in [0.15, 0.2) is 6.10 Å². The summed E-state index contributed by atoms with van der Waals surface area (Å²) in [5, 5.41) is 0. The predicted octanol–water partition coefficient (Wildman–Crippen LogP) is 18.9. The number of hydrogen-bond acceptors (Lipinski definition) is 6. The zero-order chi connectivity index (χ0) is 46.5. The van der Waals surface area contributed by atoms with Gasteiger partial charge in [-0.2, -0.15) is 0 Å². The molecule has 1 atom stereocenters. The van der Waals surface area contributed by atoms with E-state index in [2.05, 4.69) is 32.9 Å². The van der Waals surface area contributed by atoms with E-state index in [1.165, 1.54) is 218 Å². The highest BCUT2D eigenvalue weighted by Gasteiger charge is 2.19. The van der Waals surface area contributed by atoms with Gasteiger partial charge in [-0.1, -0.05) is 270 Å². The third-order valence-corrected chi connectivity index (χ3v) is 13.0. The van der Waals surface area contributed by atoms with Crippen LogP contribution >= 0.6 is 0 Å². The summed E-state index contributed by atoms with van der Waals surface area (Å²) < 4.78 is 16.9. The minimum absolute atomic E-state index is 0.0665. The highest BCUT2D eigenvalue weighted by Crippen LogP contribution is 2.17. The fourth-order valence-electron chi connectivity index (χ4n) is 8.68. The summed E-state index contributed by atoms with van der Waals surface area (Å²) in [6.45, 7) is 6.68. The fraction of sp³-hybridized carbons (Fsp3) is 0.914. The number of hydrogen-bond donors (Lipinski definition) is 0. The number of carbonyl (C=O) groups is 3. The Kier molecular flexibility index (Phi) is 52.2. The Labute approximate surface area is 399 Å². The summed E-state index contributed by atoms with van der Waals surface area (Å²) in [6, 6.07) is 0. The molecule has 0 aromatic heterocycles. The van der Waals surface area contributed by atoms with Gasteiger partial charge >= 0.3 is 17.9 Å². The van der Waals surface area contributed by atoms with Gasteiger partial charge < -0.3 is 14.2 Å². The molecule has 0 radical (unpaired) electrons.